The van der Waals surface area contributed by atoms with Crippen molar-refractivity contribution in [1.82, 2.24) is 5.32 Å². The summed E-state index contributed by atoms with van der Waals surface area (Å²) in [5.74, 6) is 1.96. The maximum atomic E-state index is 4.30. The highest BCUT2D eigenvalue weighted by molar-refractivity contribution is 4.99. The fourth-order valence-corrected chi connectivity index (χ4v) is 6.86. The fraction of sp³-hybridized carbons (Fsp3) is 0.822. The number of nitrogens with one attached hydrogen (secondary N) is 1. The van der Waals surface area contributed by atoms with Crippen molar-refractivity contribution in [2.45, 2.75) is 207 Å². The molecular weight excluding hydrogens is 555 g/mol. The maximum absolute atomic E-state index is 4.30. The molecule has 0 aromatic heterocycles. The van der Waals surface area contributed by atoms with Gasteiger partial charge in [-0.2, -0.15) is 0 Å². The summed E-state index contributed by atoms with van der Waals surface area (Å²) in [6, 6.07) is 0. The summed E-state index contributed by atoms with van der Waals surface area (Å²) < 4.78 is 0. The highest BCUT2D eigenvalue weighted by Crippen LogP contribution is 2.31. The molecule has 1 N–H and O–H groups in total. The van der Waals surface area contributed by atoms with E-state index in [-0.39, 0.29) is 0 Å². The molecule has 0 amide bonds. The Morgan fingerprint density at radius 2 is 0.913 bits per heavy atom. The van der Waals surface area contributed by atoms with E-state index in [0.717, 1.165) is 13.0 Å². The van der Waals surface area contributed by atoms with E-state index in [9.17, 15) is 0 Å². The van der Waals surface area contributed by atoms with E-state index in [0.29, 0.717) is 17.8 Å². The molecule has 3 atom stereocenters. The van der Waals surface area contributed by atoms with Crippen molar-refractivity contribution in [3.05, 3.63) is 49.1 Å². The molecule has 0 heterocycles. The van der Waals surface area contributed by atoms with E-state index >= 15 is 0 Å². The molecule has 3 unspecified atom stereocenters. The van der Waals surface area contributed by atoms with Gasteiger partial charge in [0.05, 0.1) is 0 Å². The summed E-state index contributed by atoms with van der Waals surface area (Å²) in [4.78, 5) is 0. The smallest absolute Gasteiger partial charge is 0.00492 e. The zero-order chi connectivity index (χ0) is 33.6. The van der Waals surface area contributed by atoms with Gasteiger partial charge in [0.1, 0.15) is 0 Å². The highest BCUT2D eigenvalue weighted by atomic mass is 14.8. The minimum Gasteiger partial charge on any atom is -0.320 e. The monoisotopic (exact) mass is 640 g/mol. The first-order valence-corrected chi connectivity index (χ1v) is 20.9. The zero-order valence-corrected chi connectivity index (χ0v) is 32.2. The quantitative estimate of drug-likeness (QED) is 0.0527. The Hall–Kier alpha value is -1.08. The Morgan fingerprint density at radius 3 is 1.39 bits per heavy atom. The van der Waals surface area contributed by atoms with Gasteiger partial charge in [0.15, 0.2) is 0 Å². The molecule has 46 heavy (non-hydrogen) atoms. The summed E-state index contributed by atoms with van der Waals surface area (Å²) in [5.41, 5.74) is 0. The molecule has 0 aliphatic rings. The van der Waals surface area contributed by atoms with Crippen molar-refractivity contribution in [2.24, 2.45) is 17.8 Å². The van der Waals surface area contributed by atoms with Gasteiger partial charge in [-0.3, -0.25) is 0 Å². The van der Waals surface area contributed by atoms with Crippen LogP contribution in [0.25, 0.3) is 0 Å². The van der Waals surface area contributed by atoms with Gasteiger partial charge in [0.2, 0.25) is 0 Å². The van der Waals surface area contributed by atoms with Gasteiger partial charge in [-0.25, -0.2) is 0 Å². The molecular formula is C45H85N. The van der Waals surface area contributed by atoms with Gasteiger partial charge in [0, 0.05) is 0 Å². The van der Waals surface area contributed by atoms with Gasteiger partial charge < -0.3 is 5.32 Å². The topological polar surface area (TPSA) is 12.0 Å². The van der Waals surface area contributed by atoms with Crippen LogP contribution in [0.15, 0.2) is 49.1 Å². The summed E-state index contributed by atoms with van der Waals surface area (Å²) in [5, 5.41) is 3.38. The molecule has 0 aliphatic heterocycles. The van der Waals surface area contributed by atoms with Crippen molar-refractivity contribution in [1.29, 1.82) is 0 Å². The second-order valence-corrected chi connectivity index (χ2v) is 14.5. The Morgan fingerprint density at radius 1 is 0.500 bits per heavy atom. The number of rotatable bonds is 37. The molecule has 0 saturated carbocycles. The van der Waals surface area contributed by atoms with Gasteiger partial charge in [-0.05, 0) is 89.1 Å². The lowest BCUT2D eigenvalue weighted by Gasteiger charge is -2.28. The predicted molar refractivity (Wildman–Crippen MR) is 213 cm³/mol. The molecule has 0 rings (SSSR count). The number of unbranched alkanes of at least 4 members (excludes halogenated alkanes) is 23. The summed E-state index contributed by atoms with van der Waals surface area (Å²) in [6.07, 6.45) is 56.6. The van der Waals surface area contributed by atoms with E-state index < -0.39 is 0 Å². The normalized spacial score (nSPS) is 14.2. The predicted octanol–water partition coefficient (Wildman–Crippen LogP) is 15.3. The maximum Gasteiger partial charge on any atom is -0.00492 e. The van der Waals surface area contributed by atoms with Crippen molar-refractivity contribution in [2.75, 3.05) is 13.6 Å². The van der Waals surface area contributed by atoms with Crippen LogP contribution in [0, 0.1) is 17.8 Å². The van der Waals surface area contributed by atoms with Crippen LogP contribution in [0.5, 0.6) is 0 Å². The Labute approximate surface area is 292 Å². The van der Waals surface area contributed by atoms with Crippen LogP contribution in [0.3, 0.4) is 0 Å². The average molecular weight is 640 g/mol. The third-order valence-electron chi connectivity index (χ3n) is 10.1. The standard InChI is InChI=1S/C45H85N/c1-6-9-11-13-15-17-19-21-23-24-26-27-29-31-33-35-37-39-44(8-3)45(43(4)41-42-46-5)40-38-36-34-32-30-28-25-22-20-18-16-14-12-10-7-2/h8,15,17,21,23,38,40,43-46H,3,6-7,9-14,16,18-20,22,24-37,39,41-42H2,1-2,4-5H3/b17-15-,23-21-,40-38+. The molecule has 0 radical (unpaired) electrons. The van der Waals surface area contributed by atoms with E-state index in [1.807, 2.05) is 0 Å². The van der Waals surface area contributed by atoms with Gasteiger partial charge >= 0.3 is 0 Å². The minimum absolute atomic E-state index is 0.618. The molecule has 0 saturated heterocycles. The largest absolute Gasteiger partial charge is 0.320 e. The van der Waals surface area contributed by atoms with E-state index in [1.54, 1.807) is 0 Å². The third-order valence-corrected chi connectivity index (χ3v) is 10.1. The zero-order valence-electron chi connectivity index (χ0n) is 32.2. The summed E-state index contributed by atoms with van der Waals surface area (Å²) in [7, 11) is 2.09. The number of allylic oxidation sites excluding steroid dienone is 7. The number of hydrogen-bond acceptors (Lipinski definition) is 1. The van der Waals surface area contributed by atoms with Gasteiger partial charge in [-0.15, -0.1) is 6.58 Å². The molecule has 0 aliphatic carbocycles. The first-order valence-electron chi connectivity index (χ1n) is 20.9. The molecule has 0 bridgehead atoms. The van der Waals surface area contributed by atoms with E-state index in [1.165, 1.54) is 180 Å². The lowest BCUT2D eigenvalue weighted by Crippen LogP contribution is -2.22. The second kappa shape index (κ2) is 38.4. The summed E-state index contributed by atoms with van der Waals surface area (Å²) in [6.45, 7) is 12.5. The molecule has 0 fully saturated rings. The van der Waals surface area contributed by atoms with Crippen molar-refractivity contribution in [3.63, 3.8) is 0 Å². The Kier molecular flexibility index (Phi) is 37.5. The van der Waals surface area contributed by atoms with Crippen LogP contribution < -0.4 is 5.32 Å². The molecule has 1 heteroatoms. The third kappa shape index (κ3) is 31.5. The van der Waals surface area contributed by atoms with Crippen molar-refractivity contribution < 1.29 is 0 Å². The summed E-state index contributed by atoms with van der Waals surface area (Å²) >= 11 is 0. The first kappa shape index (κ1) is 44.9. The van der Waals surface area contributed by atoms with Gasteiger partial charge in [-0.1, -0.05) is 192 Å². The van der Waals surface area contributed by atoms with E-state index in [4.69, 9.17) is 0 Å². The van der Waals surface area contributed by atoms with Crippen LogP contribution in [-0.2, 0) is 0 Å². The Bertz CT molecular complexity index is 672. The fourth-order valence-electron chi connectivity index (χ4n) is 6.86. The lowest BCUT2D eigenvalue weighted by molar-refractivity contribution is 0.303. The molecule has 1 nitrogen and oxygen atoms in total. The molecule has 0 spiro atoms. The van der Waals surface area contributed by atoms with Crippen LogP contribution in [0.1, 0.15) is 207 Å². The first-order chi connectivity index (χ1) is 22.7. The van der Waals surface area contributed by atoms with E-state index in [2.05, 4.69) is 82.2 Å². The van der Waals surface area contributed by atoms with Crippen molar-refractivity contribution >= 4 is 0 Å². The van der Waals surface area contributed by atoms with Gasteiger partial charge in [0.25, 0.3) is 0 Å². The molecule has 0 aromatic rings. The van der Waals surface area contributed by atoms with Crippen LogP contribution in [-0.4, -0.2) is 13.6 Å². The number of hydrogen-bond donors (Lipinski definition) is 1. The SMILES string of the molecule is C=CC(CCCCCCCCC/C=C\C/C=C\CCCCC)C(/C=C/CCCCCCCCCCCCCCC)C(C)CCNC. The van der Waals surface area contributed by atoms with Crippen molar-refractivity contribution in [3.8, 4) is 0 Å². The average Bonchev–Trinajstić information content (AvgIpc) is 3.07. The second-order valence-electron chi connectivity index (χ2n) is 14.5. The molecule has 0 aromatic carbocycles. The van der Waals surface area contributed by atoms with Crippen LogP contribution in [0.4, 0.5) is 0 Å². The Balaban J connectivity index is 4.07. The molecule has 270 valence electrons. The van der Waals surface area contributed by atoms with Crippen LogP contribution >= 0.6 is 0 Å². The lowest BCUT2D eigenvalue weighted by atomic mass is 9.78. The minimum atomic E-state index is 0.618. The highest BCUT2D eigenvalue weighted by Gasteiger charge is 2.22. The van der Waals surface area contributed by atoms with Crippen LogP contribution in [0.2, 0.25) is 0 Å².